The molecule has 0 saturated heterocycles. The van der Waals surface area contributed by atoms with E-state index in [1.807, 2.05) is 11.4 Å². The molecule has 9 heteroatoms. The summed E-state index contributed by atoms with van der Waals surface area (Å²) in [7, 11) is 0. The van der Waals surface area contributed by atoms with E-state index in [0.29, 0.717) is 11.6 Å². The molecule has 6 nitrogen and oxygen atoms in total. The van der Waals surface area contributed by atoms with Crippen LogP contribution in [0.2, 0.25) is 0 Å². The highest BCUT2D eigenvalue weighted by Gasteiger charge is 2.16. The van der Waals surface area contributed by atoms with E-state index < -0.39 is 0 Å². The van der Waals surface area contributed by atoms with Crippen LogP contribution in [0.4, 0.5) is 5.82 Å². The summed E-state index contributed by atoms with van der Waals surface area (Å²) in [5.41, 5.74) is 7.35. The number of nitrogens with two attached hydrogens (primary N) is 1. The summed E-state index contributed by atoms with van der Waals surface area (Å²) in [6.45, 7) is 7.07. The number of thiophene rings is 2. The van der Waals surface area contributed by atoms with Crippen LogP contribution >= 0.6 is 34.4 Å². The first-order valence-electron chi connectivity index (χ1n) is 8.20. The molecule has 0 aliphatic rings. The van der Waals surface area contributed by atoms with E-state index in [-0.39, 0.29) is 0 Å². The van der Waals surface area contributed by atoms with E-state index in [4.69, 9.17) is 10.7 Å². The molecule has 4 aromatic heterocycles. The van der Waals surface area contributed by atoms with Crippen LogP contribution in [-0.4, -0.2) is 24.7 Å². The monoisotopic (exact) mass is 402 g/mol. The second kappa shape index (κ2) is 6.98. The molecular formula is C17H18N6S3. The van der Waals surface area contributed by atoms with E-state index in [1.165, 1.54) is 10.4 Å². The van der Waals surface area contributed by atoms with E-state index in [2.05, 4.69) is 46.6 Å². The number of thioether (sulfide) groups is 1. The zero-order valence-corrected chi connectivity index (χ0v) is 17.1. The molecule has 0 fully saturated rings. The van der Waals surface area contributed by atoms with Gasteiger partial charge >= 0.3 is 0 Å². The first-order valence-corrected chi connectivity index (χ1v) is 10.9. The number of hydrogen-bond donors (Lipinski definition) is 1. The fourth-order valence-electron chi connectivity index (χ4n) is 2.79. The van der Waals surface area contributed by atoms with Gasteiger partial charge < -0.3 is 10.3 Å². The normalized spacial score (nSPS) is 11.5. The molecular weight excluding hydrogens is 384 g/mol. The van der Waals surface area contributed by atoms with Gasteiger partial charge in [-0.3, -0.25) is 0 Å². The fraction of sp³-hybridized carbons (Fsp3) is 0.294. The lowest BCUT2D eigenvalue weighted by Crippen LogP contribution is -2.01. The molecule has 0 bridgehead atoms. The van der Waals surface area contributed by atoms with Crippen LogP contribution < -0.4 is 5.73 Å². The van der Waals surface area contributed by atoms with Crippen molar-refractivity contribution in [2.75, 3.05) is 5.73 Å². The van der Waals surface area contributed by atoms with Crippen molar-refractivity contribution in [2.45, 2.75) is 38.2 Å². The highest BCUT2D eigenvalue weighted by Crippen LogP contribution is 2.33. The average molecular weight is 403 g/mol. The van der Waals surface area contributed by atoms with Crippen LogP contribution in [0.5, 0.6) is 0 Å². The quantitative estimate of drug-likeness (QED) is 0.494. The third-order valence-electron chi connectivity index (χ3n) is 4.21. The lowest BCUT2D eigenvalue weighted by atomic mass is 10.2. The molecule has 134 valence electrons. The molecule has 0 aliphatic heterocycles. The van der Waals surface area contributed by atoms with Crippen molar-refractivity contribution in [1.29, 1.82) is 0 Å². The van der Waals surface area contributed by atoms with Gasteiger partial charge in [-0.1, -0.05) is 17.8 Å². The molecule has 0 aromatic carbocycles. The van der Waals surface area contributed by atoms with Crippen molar-refractivity contribution in [3.05, 3.63) is 33.8 Å². The van der Waals surface area contributed by atoms with Crippen LogP contribution in [0, 0.1) is 13.8 Å². The first-order chi connectivity index (χ1) is 12.6. The molecule has 0 unspecified atom stereocenters. The van der Waals surface area contributed by atoms with Gasteiger partial charge in [0.2, 0.25) is 0 Å². The van der Waals surface area contributed by atoms with E-state index in [0.717, 1.165) is 38.4 Å². The third kappa shape index (κ3) is 3.00. The number of nitrogen functional groups attached to an aromatic ring is 1. The van der Waals surface area contributed by atoms with Crippen molar-refractivity contribution < 1.29 is 0 Å². The Hall–Kier alpha value is -1.97. The molecule has 2 N–H and O–H groups in total. The highest BCUT2D eigenvalue weighted by molar-refractivity contribution is 7.98. The van der Waals surface area contributed by atoms with Gasteiger partial charge in [0.15, 0.2) is 11.0 Å². The standard InChI is InChI=1S/C17H18N6S3/c1-4-23-15(11-6-5-7-24-11)21-22-17(23)25-8-12-19-14(18)13-9(2)10(3)26-16(13)20-12/h5-7H,4,8H2,1-3H3,(H2,18,19,20). The minimum absolute atomic E-state index is 0.559. The maximum Gasteiger partial charge on any atom is 0.191 e. The molecule has 0 spiro atoms. The van der Waals surface area contributed by atoms with Crippen LogP contribution in [0.3, 0.4) is 0 Å². The van der Waals surface area contributed by atoms with E-state index in [9.17, 15) is 0 Å². The molecule has 0 radical (unpaired) electrons. The third-order valence-corrected chi connectivity index (χ3v) is 7.14. The number of anilines is 1. The minimum atomic E-state index is 0.559. The van der Waals surface area contributed by atoms with Gasteiger partial charge in [-0.05, 0) is 37.8 Å². The summed E-state index contributed by atoms with van der Waals surface area (Å²) in [6, 6.07) is 4.09. The Morgan fingerprint density at radius 1 is 1.23 bits per heavy atom. The average Bonchev–Trinajstić information content (AvgIpc) is 3.32. The summed E-state index contributed by atoms with van der Waals surface area (Å²) in [6.07, 6.45) is 0. The lowest BCUT2D eigenvalue weighted by molar-refractivity contribution is 0.688. The molecule has 0 amide bonds. The summed E-state index contributed by atoms with van der Waals surface area (Å²) in [5.74, 6) is 2.80. The van der Waals surface area contributed by atoms with Crippen molar-refractivity contribution in [2.24, 2.45) is 0 Å². The van der Waals surface area contributed by atoms with Gasteiger partial charge in [0, 0.05) is 11.4 Å². The largest absolute Gasteiger partial charge is 0.383 e. The van der Waals surface area contributed by atoms with Crippen molar-refractivity contribution in [3.63, 3.8) is 0 Å². The molecule has 4 heterocycles. The summed E-state index contributed by atoms with van der Waals surface area (Å²) < 4.78 is 2.12. The summed E-state index contributed by atoms with van der Waals surface area (Å²) in [4.78, 5) is 12.5. The van der Waals surface area contributed by atoms with Gasteiger partial charge in [0.05, 0.1) is 16.0 Å². The van der Waals surface area contributed by atoms with Gasteiger partial charge in [-0.25, -0.2) is 9.97 Å². The number of fused-ring (bicyclic) bond motifs is 1. The molecule has 0 aliphatic carbocycles. The van der Waals surface area contributed by atoms with Crippen molar-refractivity contribution in [3.8, 4) is 10.7 Å². The van der Waals surface area contributed by atoms with Crippen LogP contribution in [0.15, 0.2) is 22.7 Å². The Bertz CT molecular complexity index is 1060. The topological polar surface area (TPSA) is 82.5 Å². The van der Waals surface area contributed by atoms with E-state index >= 15 is 0 Å². The SMILES string of the molecule is CCn1c(SCc2nc(N)c3c(C)c(C)sc3n2)nnc1-c1cccs1. The second-order valence-corrected chi connectivity index (χ2v) is 8.90. The molecule has 0 saturated carbocycles. The number of aromatic nitrogens is 5. The number of rotatable bonds is 5. The predicted molar refractivity (Wildman–Crippen MR) is 110 cm³/mol. The zero-order valence-electron chi connectivity index (χ0n) is 14.7. The van der Waals surface area contributed by atoms with Crippen LogP contribution in [0.1, 0.15) is 23.2 Å². The Labute approximate surface area is 163 Å². The summed E-state index contributed by atoms with van der Waals surface area (Å²) in [5, 5.41) is 12.6. The number of nitrogens with zero attached hydrogens (tertiary/aromatic N) is 5. The Morgan fingerprint density at radius 3 is 2.81 bits per heavy atom. The second-order valence-electron chi connectivity index (χ2n) is 5.80. The van der Waals surface area contributed by atoms with Crippen molar-refractivity contribution >= 4 is 50.5 Å². The fourth-order valence-corrected chi connectivity index (χ4v) is 5.42. The molecule has 4 rings (SSSR count). The zero-order chi connectivity index (χ0) is 18.3. The minimum Gasteiger partial charge on any atom is -0.383 e. The predicted octanol–water partition coefficient (Wildman–Crippen LogP) is 4.52. The van der Waals surface area contributed by atoms with Gasteiger partial charge in [0.25, 0.3) is 0 Å². The number of hydrogen-bond acceptors (Lipinski definition) is 8. The number of aryl methyl sites for hydroxylation is 2. The first kappa shape index (κ1) is 17.4. The molecule has 26 heavy (non-hydrogen) atoms. The Kier molecular flexibility index (Phi) is 4.68. The maximum atomic E-state index is 6.18. The smallest absolute Gasteiger partial charge is 0.191 e. The maximum absolute atomic E-state index is 6.18. The van der Waals surface area contributed by atoms with Gasteiger partial charge in [-0.15, -0.1) is 32.9 Å². The summed E-state index contributed by atoms with van der Waals surface area (Å²) >= 11 is 4.92. The van der Waals surface area contributed by atoms with Crippen LogP contribution in [0.25, 0.3) is 20.9 Å². The Morgan fingerprint density at radius 2 is 2.08 bits per heavy atom. The van der Waals surface area contributed by atoms with Gasteiger partial charge in [-0.2, -0.15) is 0 Å². The van der Waals surface area contributed by atoms with Crippen LogP contribution in [-0.2, 0) is 12.3 Å². The molecule has 4 aromatic rings. The lowest BCUT2D eigenvalue weighted by Gasteiger charge is -2.06. The molecule has 0 atom stereocenters. The Balaban J connectivity index is 1.61. The van der Waals surface area contributed by atoms with E-state index in [1.54, 1.807) is 34.4 Å². The van der Waals surface area contributed by atoms with Gasteiger partial charge in [0.1, 0.15) is 16.5 Å². The van der Waals surface area contributed by atoms with Crippen molar-refractivity contribution in [1.82, 2.24) is 24.7 Å². The highest BCUT2D eigenvalue weighted by atomic mass is 32.2.